The fourth-order valence-corrected chi connectivity index (χ4v) is 5.44. The number of nitrogens with zero attached hydrogens (tertiary/aromatic N) is 3. The Hall–Kier alpha value is -2.38. The Kier molecular flexibility index (Phi) is 4.70. The normalized spacial score (nSPS) is 15.5. The molecule has 154 valence electrons. The molecule has 0 amide bonds. The van der Waals surface area contributed by atoms with Crippen LogP contribution in [0.25, 0.3) is 11.4 Å². The maximum Gasteiger partial charge on any atom is 0.471 e. The fourth-order valence-electron chi connectivity index (χ4n) is 2.95. The summed E-state index contributed by atoms with van der Waals surface area (Å²) in [5.41, 5.74) is 0.630. The zero-order valence-corrected chi connectivity index (χ0v) is 15.8. The minimum atomic E-state index is -4.81. The third-order valence-corrected chi connectivity index (χ3v) is 7.29. The second-order valence-corrected chi connectivity index (χ2v) is 9.01. The molecule has 0 atom stereocenters. The lowest BCUT2D eigenvalue weighted by Gasteiger charge is -2.27. The van der Waals surface area contributed by atoms with E-state index in [0.29, 0.717) is 11.6 Å². The molecule has 0 saturated carbocycles. The van der Waals surface area contributed by atoms with Gasteiger partial charge in [0.15, 0.2) is 0 Å². The van der Waals surface area contributed by atoms with Crippen LogP contribution >= 0.6 is 11.3 Å². The van der Waals surface area contributed by atoms with Crippen LogP contribution in [0.5, 0.6) is 0 Å². The molecule has 3 heterocycles. The van der Waals surface area contributed by atoms with Gasteiger partial charge >= 0.3 is 12.1 Å². The van der Waals surface area contributed by atoms with Gasteiger partial charge in [0.25, 0.3) is 0 Å². The summed E-state index contributed by atoms with van der Waals surface area (Å²) in [6.07, 6.45) is -4.54. The molecule has 0 spiro atoms. The first kappa shape index (κ1) is 19.9. The van der Waals surface area contributed by atoms with E-state index in [-0.39, 0.29) is 30.9 Å². The van der Waals surface area contributed by atoms with E-state index in [0.717, 1.165) is 21.3 Å². The Labute approximate surface area is 164 Å². The van der Waals surface area contributed by atoms with Crippen LogP contribution < -0.4 is 0 Å². The number of rotatable bonds is 3. The molecule has 4 rings (SSSR count). The van der Waals surface area contributed by atoms with Gasteiger partial charge in [-0.3, -0.25) is 0 Å². The van der Waals surface area contributed by atoms with Crippen molar-refractivity contribution in [3.8, 4) is 11.4 Å². The van der Waals surface area contributed by atoms with Crippen LogP contribution in [0.3, 0.4) is 0 Å². The molecule has 2 aromatic heterocycles. The number of hydrogen-bond acceptors (Lipinski definition) is 6. The van der Waals surface area contributed by atoms with Crippen molar-refractivity contribution in [2.24, 2.45) is 0 Å². The average molecular weight is 451 g/mol. The van der Waals surface area contributed by atoms with Crippen LogP contribution in [0.15, 0.2) is 33.0 Å². The van der Waals surface area contributed by atoms with Crippen molar-refractivity contribution in [2.75, 3.05) is 6.54 Å². The first-order valence-corrected chi connectivity index (χ1v) is 10.3. The Morgan fingerprint density at radius 2 is 1.97 bits per heavy atom. The molecule has 1 aliphatic heterocycles. The highest BCUT2D eigenvalue weighted by Crippen LogP contribution is 2.37. The van der Waals surface area contributed by atoms with Gasteiger partial charge in [0.05, 0.1) is 0 Å². The molecule has 0 saturated heterocycles. The fraction of sp³-hybridized carbons (Fsp3) is 0.250. The van der Waals surface area contributed by atoms with Crippen molar-refractivity contribution in [3.05, 3.63) is 51.5 Å². The van der Waals surface area contributed by atoms with Crippen molar-refractivity contribution in [3.63, 3.8) is 0 Å². The molecular formula is C16H10F5N3O3S2. The number of benzene rings is 1. The molecule has 6 nitrogen and oxygen atoms in total. The smallest absolute Gasteiger partial charge is 0.329 e. The third kappa shape index (κ3) is 3.53. The van der Waals surface area contributed by atoms with Gasteiger partial charge in [-0.1, -0.05) is 5.16 Å². The zero-order valence-electron chi connectivity index (χ0n) is 14.2. The first-order valence-electron chi connectivity index (χ1n) is 8.03. The van der Waals surface area contributed by atoms with Crippen molar-refractivity contribution >= 4 is 21.4 Å². The van der Waals surface area contributed by atoms with E-state index in [9.17, 15) is 30.4 Å². The summed E-state index contributed by atoms with van der Waals surface area (Å²) in [6, 6.07) is 2.13. The summed E-state index contributed by atoms with van der Waals surface area (Å²) in [6.45, 7) is -0.185. The summed E-state index contributed by atoms with van der Waals surface area (Å²) < 4.78 is 96.1. The quantitative estimate of drug-likeness (QED) is 0.566. The maximum atomic E-state index is 14.0. The van der Waals surface area contributed by atoms with Crippen LogP contribution in [0, 0.1) is 11.6 Å². The average Bonchev–Trinajstić information content (AvgIpc) is 3.27. The van der Waals surface area contributed by atoms with E-state index >= 15 is 0 Å². The van der Waals surface area contributed by atoms with Crippen molar-refractivity contribution < 1.29 is 34.9 Å². The minimum Gasteiger partial charge on any atom is -0.329 e. The van der Waals surface area contributed by atoms with Gasteiger partial charge in [0.2, 0.25) is 15.8 Å². The van der Waals surface area contributed by atoms with E-state index in [2.05, 4.69) is 14.7 Å². The molecule has 0 bridgehead atoms. The molecule has 0 fully saturated rings. The van der Waals surface area contributed by atoms with E-state index in [1.165, 1.54) is 16.7 Å². The van der Waals surface area contributed by atoms with E-state index in [4.69, 9.17) is 0 Å². The number of sulfonamides is 1. The van der Waals surface area contributed by atoms with Crippen LogP contribution in [0.4, 0.5) is 22.0 Å². The molecular weight excluding hydrogens is 441 g/mol. The van der Waals surface area contributed by atoms with Crippen LogP contribution in [-0.2, 0) is 29.2 Å². The molecule has 0 unspecified atom stereocenters. The number of thiophene rings is 1. The molecule has 13 heteroatoms. The number of fused-ring (bicyclic) bond motifs is 1. The van der Waals surface area contributed by atoms with Crippen molar-refractivity contribution in [1.29, 1.82) is 0 Å². The van der Waals surface area contributed by atoms with Crippen molar-refractivity contribution in [1.82, 2.24) is 14.4 Å². The zero-order chi connectivity index (χ0) is 21.0. The van der Waals surface area contributed by atoms with Crippen LogP contribution in [0.2, 0.25) is 0 Å². The second-order valence-electron chi connectivity index (χ2n) is 6.14. The lowest BCUT2D eigenvalue weighted by atomic mass is 10.1. The molecule has 1 aliphatic rings. The summed E-state index contributed by atoms with van der Waals surface area (Å²) in [5.74, 6) is -3.97. The summed E-state index contributed by atoms with van der Waals surface area (Å²) in [5, 5.41) is 4.85. The highest BCUT2D eigenvalue weighted by molar-refractivity contribution is 7.89. The maximum absolute atomic E-state index is 14.0. The van der Waals surface area contributed by atoms with E-state index in [1.807, 2.05) is 0 Å². The number of aromatic nitrogens is 2. The van der Waals surface area contributed by atoms with Gasteiger partial charge < -0.3 is 4.52 Å². The SMILES string of the molecule is O=S(=O)(c1ccc(F)cc1F)N1CCc2scc(-c3noc(C(F)(F)F)n3)c2C1. The van der Waals surface area contributed by atoms with Gasteiger partial charge in [-0.25, -0.2) is 17.2 Å². The first-order chi connectivity index (χ1) is 13.6. The van der Waals surface area contributed by atoms with Gasteiger partial charge in [-0.15, -0.1) is 11.3 Å². The highest BCUT2D eigenvalue weighted by Gasteiger charge is 2.39. The lowest BCUT2D eigenvalue weighted by Crippen LogP contribution is -2.36. The predicted molar refractivity (Wildman–Crippen MR) is 90.3 cm³/mol. The molecule has 29 heavy (non-hydrogen) atoms. The van der Waals surface area contributed by atoms with Gasteiger partial charge in [-0.05, 0) is 24.1 Å². The summed E-state index contributed by atoms with van der Waals surface area (Å²) >= 11 is 1.23. The Morgan fingerprint density at radius 3 is 2.62 bits per heavy atom. The Morgan fingerprint density at radius 1 is 1.21 bits per heavy atom. The van der Waals surface area contributed by atoms with Gasteiger partial charge in [0.1, 0.15) is 16.5 Å². The Balaban J connectivity index is 1.68. The molecule has 3 aromatic rings. The second kappa shape index (κ2) is 6.85. The van der Waals surface area contributed by atoms with E-state index < -0.39 is 38.6 Å². The Bertz CT molecular complexity index is 1190. The number of hydrogen-bond donors (Lipinski definition) is 0. The van der Waals surface area contributed by atoms with Crippen LogP contribution in [-0.4, -0.2) is 29.4 Å². The lowest BCUT2D eigenvalue weighted by molar-refractivity contribution is -0.159. The van der Waals surface area contributed by atoms with E-state index in [1.54, 1.807) is 0 Å². The van der Waals surface area contributed by atoms with Crippen molar-refractivity contribution in [2.45, 2.75) is 24.0 Å². The third-order valence-electron chi connectivity index (χ3n) is 4.32. The molecule has 0 aliphatic carbocycles. The largest absolute Gasteiger partial charge is 0.471 e. The number of alkyl halides is 3. The van der Waals surface area contributed by atoms with Crippen LogP contribution in [0.1, 0.15) is 16.3 Å². The molecule has 0 radical (unpaired) electrons. The monoisotopic (exact) mass is 451 g/mol. The molecule has 0 N–H and O–H groups in total. The number of halogens is 5. The highest BCUT2D eigenvalue weighted by atomic mass is 32.2. The minimum absolute atomic E-state index is 0.0339. The predicted octanol–water partition coefficient (Wildman–Crippen LogP) is 3.84. The summed E-state index contributed by atoms with van der Waals surface area (Å²) in [4.78, 5) is 3.41. The molecule has 1 aromatic carbocycles. The summed E-state index contributed by atoms with van der Waals surface area (Å²) in [7, 11) is -4.30. The standard InChI is InChI=1S/C16H10F5N3O3S2/c17-8-1-2-13(11(18)5-8)29(25,26)24-4-3-12-9(6-24)10(7-28-12)14-22-15(27-23-14)16(19,20)21/h1-2,5,7H,3-4,6H2. The van der Waals surface area contributed by atoms with Gasteiger partial charge in [-0.2, -0.15) is 22.5 Å². The topological polar surface area (TPSA) is 76.3 Å². The van der Waals surface area contributed by atoms with Gasteiger partial charge in [0, 0.05) is 35.0 Å².